The van der Waals surface area contributed by atoms with Crippen molar-refractivity contribution in [3.05, 3.63) is 17.0 Å². The number of hydrogen-bond donors (Lipinski definition) is 1. The summed E-state index contributed by atoms with van der Waals surface area (Å²) in [5.74, 6) is 0. The lowest BCUT2D eigenvalue weighted by Crippen LogP contribution is -2.45. The van der Waals surface area contributed by atoms with Crippen LogP contribution in [0.5, 0.6) is 0 Å². The third-order valence-corrected chi connectivity index (χ3v) is 7.54. The lowest BCUT2D eigenvalue weighted by Gasteiger charge is -2.35. The van der Waals surface area contributed by atoms with E-state index in [4.69, 9.17) is 0 Å². The van der Waals surface area contributed by atoms with Gasteiger partial charge in [0.2, 0.25) is 0 Å². The largest absolute Gasteiger partial charge is 0.316 e. The number of sulfonamides is 1. The summed E-state index contributed by atoms with van der Waals surface area (Å²) in [5, 5.41) is 4.96. The van der Waals surface area contributed by atoms with E-state index in [9.17, 15) is 8.42 Å². The molecule has 0 spiro atoms. The predicted molar refractivity (Wildman–Crippen MR) is 87.2 cm³/mol. The van der Waals surface area contributed by atoms with E-state index in [1.54, 1.807) is 17.4 Å². The summed E-state index contributed by atoms with van der Waals surface area (Å²) in [6, 6.07) is 1.90. The van der Waals surface area contributed by atoms with Crippen LogP contribution in [0.25, 0.3) is 0 Å². The fourth-order valence-electron chi connectivity index (χ4n) is 2.72. The van der Waals surface area contributed by atoms with Gasteiger partial charge in [-0.1, -0.05) is 6.92 Å². The molecule has 2 rings (SSSR count). The van der Waals surface area contributed by atoms with Crippen LogP contribution in [0.2, 0.25) is 0 Å². The molecule has 1 aliphatic heterocycles. The van der Waals surface area contributed by atoms with Gasteiger partial charge >= 0.3 is 0 Å². The van der Waals surface area contributed by atoms with Gasteiger partial charge in [0, 0.05) is 19.6 Å². The number of rotatable bonds is 6. The summed E-state index contributed by atoms with van der Waals surface area (Å²) in [6.45, 7) is 5.86. The number of piperidine rings is 1. The van der Waals surface area contributed by atoms with Crippen LogP contribution >= 0.6 is 11.3 Å². The molecular formula is C14H25N3O2S2. The highest BCUT2D eigenvalue weighted by Gasteiger charge is 2.31. The van der Waals surface area contributed by atoms with Gasteiger partial charge in [0.05, 0.1) is 0 Å². The predicted octanol–water partition coefficient (Wildman–Crippen LogP) is 1.57. The second kappa shape index (κ2) is 7.19. The molecule has 0 amide bonds. The van der Waals surface area contributed by atoms with E-state index >= 15 is 0 Å². The number of nitrogens with one attached hydrogen (secondary N) is 1. The topological polar surface area (TPSA) is 52.7 Å². The quantitative estimate of drug-likeness (QED) is 0.860. The maximum atomic E-state index is 12.7. The highest BCUT2D eigenvalue weighted by Crippen LogP contribution is 2.27. The second-order valence-electron chi connectivity index (χ2n) is 5.49. The number of thiophene rings is 1. The summed E-state index contributed by atoms with van der Waals surface area (Å²) in [5.41, 5.74) is 1.02. The van der Waals surface area contributed by atoms with E-state index in [-0.39, 0.29) is 6.04 Å². The Morgan fingerprint density at radius 2 is 2.10 bits per heavy atom. The molecule has 1 N–H and O–H groups in total. The molecule has 0 radical (unpaired) electrons. The van der Waals surface area contributed by atoms with Gasteiger partial charge in [-0.05, 0) is 56.5 Å². The molecule has 0 aromatic carbocycles. The van der Waals surface area contributed by atoms with Gasteiger partial charge in [0.15, 0.2) is 0 Å². The van der Waals surface area contributed by atoms with Crippen LogP contribution in [0.1, 0.15) is 25.3 Å². The Balaban J connectivity index is 2.07. The smallest absolute Gasteiger partial charge is 0.252 e. The van der Waals surface area contributed by atoms with Gasteiger partial charge in [-0.3, -0.25) is 0 Å². The molecule has 0 unspecified atom stereocenters. The van der Waals surface area contributed by atoms with Crippen molar-refractivity contribution in [1.29, 1.82) is 0 Å². The van der Waals surface area contributed by atoms with E-state index in [2.05, 4.69) is 17.1 Å². The van der Waals surface area contributed by atoms with Gasteiger partial charge in [-0.2, -0.15) is 4.31 Å². The van der Waals surface area contributed by atoms with Crippen LogP contribution in [-0.2, 0) is 16.6 Å². The molecule has 0 bridgehead atoms. The molecule has 1 saturated heterocycles. The van der Waals surface area contributed by atoms with Crippen molar-refractivity contribution in [2.75, 3.05) is 33.7 Å². The van der Waals surface area contributed by atoms with Crippen molar-refractivity contribution in [3.63, 3.8) is 0 Å². The zero-order valence-corrected chi connectivity index (χ0v) is 14.6. The zero-order valence-electron chi connectivity index (χ0n) is 13.0. The first-order valence-corrected chi connectivity index (χ1v) is 9.73. The third-order valence-electron chi connectivity index (χ3n) is 4.16. The van der Waals surface area contributed by atoms with Crippen LogP contribution in [0.3, 0.4) is 0 Å². The Kier molecular flexibility index (Phi) is 5.79. The number of likely N-dealkylation sites (tertiary alicyclic amines) is 1. The van der Waals surface area contributed by atoms with Crippen LogP contribution in [0.15, 0.2) is 15.7 Å². The molecule has 120 valence electrons. The normalized spacial score (nSPS) is 18.5. The summed E-state index contributed by atoms with van der Waals surface area (Å²) >= 11 is 1.31. The Labute approximate surface area is 132 Å². The number of nitrogens with zero attached hydrogens (tertiary/aromatic N) is 2. The van der Waals surface area contributed by atoms with E-state index < -0.39 is 10.0 Å². The minimum atomic E-state index is -3.35. The lowest BCUT2D eigenvalue weighted by molar-refractivity contribution is 0.176. The summed E-state index contributed by atoms with van der Waals surface area (Å²) in [7, 11) is 0.227. The Morgan fingerprint density at radius 3 is 2.67 bits per heavy atom. The van der Waals surface area contributed by atoms with Crippen LogP contribution < -0.4 is 5.32 Å². The zero-order chi connectivity index (χ0) is 15.5. The second-order valence-corrected chi connectivity index (χ2v) is 8.63. The van der Waals surface area contributed by atoms with Crippen LogP contribution in [-0.4, -0.2) is 57.4 Å². The fraction of sp³-hybridized carbons (Fsp3) is 0.714. The highest BCUT2D eigenvalue weighted by molar-refractivity contribution is 7.91. The molecule has 0 aliphatic carbocycles. The average molecular weight is 332 g/mol. The van der Waals surface area contributed by atoms with Crippen molar-refractivity contribution >= 4 is 21.4 Å². The first kappa shape index (κ1) is 16.9. The van der Waals surface area contributed by atoms with Crippen molar-refractivity contribution in [2.45, 2.75) is 36.6 Å². The summed E-state index contributed by atoms with van der Waals surface area (Å²) in [6.07, 6.45) is 1.83. The molecule has 2 heterocycles. The Bertz CT molecular complexity index is 548. The minimum absolute atomic E-state index is 0.118. The summed E-state index contributed by atoms with van der Waals surface area (Å²) < 4.78 is 27.4. The fourth-order valence-corrected chi connectivity index (χ4v) is 5.53. The lowest BCUT2D eigenvalue weighted by atomic mass is 10.1. The van der Waals surface area contributed by atoms with Gasteiger partial charge in [-0.25, -0.2) is 8.42 Å². The molecule has 1 aromatic rings. The Hall–Kier alpha value is -0.470. The van der Waals surface area contributed by atoms with Gasteiger partial charge in [0.25, 0.3) is 10.0 Å². The monoisotopic (exact) mass is 331 g/mol. The third kappa shape index (κ3) is 3.84. The van der Waals surface area contributed by atoms with E-state index in [1.807, 2.05) is 12.4 Å². The average Bonchev–Trinajstić information content (AvgIpc) is 2.96. The van der Waals surface area contributed by atoms with E-state index in [0.29, 0.717) is 10.8 Å². The molecule has 0 atom stereocenters. The van der Waals surface area contributed by atoms with Crippen molar-refractivity contribution in [2.24, 2.45) is 0 Å². The number of hydrogen-bond acceptors (Lipinski definition) is 5. The first-order chi connectivity index (χ1) is 9.98. The van der Waals surface area contributed by atoms with Gasteiger partial charge in [0.1, 0.15) is 4.21 Å². The maximum Gasteiger partial charge on any atom is 0.252 e. The SMILES string of the molecule is CCN1CCC(N(C)S(=O)(=O)c2cc(CNC)cs2)CC1. The molecule has 1 aliphatic rings. The summed E-state index contributed by atoms with van der Waals surface area (Å²) in [4.78, 5) is 2.37. The van der Waals surface area contributed by atoms with Crippen LogP contribution in [0.4, 0.5) is 0 Å². The van der Waals surface area contributed by atoms with Crippen LogP contribution in [0, 0.1) is 0 Å². The van der Waals surface area contributed by atoms with Gasteiger partial charge < -0.3 is 10.2 Å². The minimum Gasteiger partial charge on any atom is -0.316 e. The molecule has 0 saturated carbocycles. The van der Waals surface area contributed by atoms with E-state index in [0.717, 1.165) is 38.0 Å². The van der Waals surface area contributed by atoms with Crippen molar-refractivity contribution < 1.29 is 8.42 Å². The van der Waals surface area contributed by atoms with E-state index in [1.165, 1.54) is 11.3 Å². The molecule has 21 heavy (non-hydrogen) atoms. The standard InChI is InChI=1S/C14H25N3O2S2/c1-4-17-7-5-13(6-8-17)16(3)21(18,19)14-9-12(10-15-2)11-20-14/h9,11,13,15H,4-8,10H2,1-3H3. The Morgan fingerprint density at radius 1 is 1.43 bits per heavy atom. The van der Waals surface area contributed by atoms with Crippen molar-refractivity contribution in [3.8, 4) is 0 Å². The molecule has 5 nitrogen and oxygen atoms in total. The molecular weight excluding hydrogens is 306 g/mol. The molecule has 1 aromatic heterocycles. The van der Waals surface area contributed by atoms with Gasteiger partial charge in [-0.15, -0.1) is 11.3 Å². The van der Waals surface area contributed by atoms with Crippen molar-refractivity contribution in [1.82, 2.24) is 14.5 Å². The molecule has 1 fully saturated rings. The maximum absolute atomic E-state index is 12.7. The molecule has 7 heteroatoms. The first-order valence-electron chi connectivity index (χ1n) is 7.41. The highest BCUT2D eigenvalue weighted by atomic mass is 32.2.